The van der Waals surface area contributed by atoms with Crippen LogP contribution in [0.5, 0.6) is 0 Å². The lowest BCUT2D eigenvalue weighted by atomic mass is 9.97. The highest BCUT2D eigenvalue weighted by atomic mass is 16.7. The first-order valence-corrected chi connectivity index (χ1v) is 13.3. The summed E-state index contributed by atoms with van der Waals surface area (Å²) in [5.41, 5.74) is 6.17. The zero-order chi connectivity index (χ0) is 26.3. The summed E-state index contributed by atoms with van der Waals surface area (Å²) < 4.78 is 18.6. The van der Waals surface area contributed by atoms with Gasteiger partial charge in [-0.3, -0.25) is 9.69 Å². The number of aliphatic hydroxyl groups excluding tert-OH is 1. The number of benzene rings is 3. The lowest BCUT2D eigenvalue weighted by Crippen LogP contribution is -2.44. The Morgan fingerprint density at radius 2 is 1.66 bits per heavy atom. The highest BCUT2D eigenvalue weighted by molar-refractivity contribution is 5.74. The molecule has 2 saturated heterocycles. The highest BCUT2D eigenvalue weighted by Crippen LogP contribution is 2.39. The summed E-state index contributed by atoms with van der Waals surface area (Å²) in [5, 5.41) is 12.3. The van der Waals surface area contributed by atoms with Crippen molar-refractivity contribution in [3.63, 3.8) is 0 Å². The Morgan fingerprint density at radius 3 is 2.37 bits per heavy atom. The van der Waals surface area contributed by atoms with Gasteiger partial charge in [-0.15, -0.1) is 0 Å². The molecule has 0 aromatic heterocycles. The maximum absolute atomic E-state index is 11.4. The van der Waals surface area contributed by atoms with Gasteiger partial charge in [-0.1, -0.05) is 72.8 Å². The second-order valence-electron chi connectivity index (χ2n) is 9.95. The number of nitrogens with zero attached hydrogens (tertiary/aromatic N) is 1. The first kappa shape index (κ1) is 26.5. The van der Waals surface area contributed by atoms with E-state index >= 15 is 0 Å². The molecule has 0 saturated carbocycles. The number of nitrogens with one attached hydrogen (secondary N) is 1. The van der Waals surface area contributed by atoms with Gasteiger partial charge in [0.25, 0.3) is 0 Å². The van der Waals surface area contributed by atoms with Crippen LogP contribution >= 0.6 is 0 Å². The largest absolute Gasteiger partial charge is 0.392 e. The summed E-state index contributed by atoms with van der Waals surface area (Å²) in [6.07, 6.45) is 0.194. The molecular weight excluding hydrogens is 480 g/mol. The van der Waals surface area contributed by atoms with E-state index in [2.05, 4.69) is 40.5 Å². The number of morpholine rings is 1. The second kappa shape index (κ2) is 12.7. The molecule has 3 aromatic rings. The third-order valence-corrected chi connectivity index (χ3v) is 7.22. The molecule has 0 bridgehead atoms. The Labute approximate surface area is 224 Å². The lowest BCUT2D eigenvalue weighted by Gasteiger charge is -2.39. The van der Waals surface area contributed by atoms with E-state index in [0.29, 0.717) is 6.54 Å². The van der Waals surface area contributed by atoms with E-state index in [9.17, 15) is 9.90 Å². The van der Waals surface area contributed by atoms with Gasteiger partial charge in [0, 0.05) is 45.1 Å². The summed E-state index contributed by atoms with van der Waals surface area (Å²) in [6.45, 7) is 6.21. The van der Waals surface area contributed by atoms with E-state index in [1.54, 1.807) is 0 Å². The zero-order valence-electron chi connectivity index (χ0n) is 21.8. The molecule has 2 fully saturated rings. The van der Waals surface area contributed by atoms with Crippen LogP contribution in [0.2, 0.25) is 0 Å². The van der Waals surface area contributed by atoms with Crippen LogP contribution in [0.3, 0.4) is 0 Å². The molecule has 2 aliphatic rings. The minimum absolute atomic E-state index is 0.0208. The monoisotopic (exact) mass is 516 g/mol. The average Bonchev–Trinajstić information content (AvgIpc) is 2.97. The summed E-state index contributed by atoms with van der Waals surface area (Å²) >= 11 is 0. The minimum Gasteiger partial charge on any atom is -0.392 e. The molecule has 5 rings (SSSR count). The quantitative estimate of drug-likeness (QED) is 0.463. The molecule has 1 amide bonds. The Morgan fingerprint density at radius 1 is 0.947 bits per heavy atom. The molecule has 7 nitrogen and oxygen atoms in total. The average molecular weight is 517 g/mol. The van der Waals surface area contributed by atoms with Crippen molar-refractivity contribution in [1.82, 2.24) is 10.2 Å². The van der Waals surface area contributed by atoms with Gasteiger partial charge in [-0.25, -0.2) is 0 Å². The number of rotatable bonds is 8. The van der Waals surface area contributed by atoms with Crippen molar-refractivity contribution in [2.75, 3.05) is 32.8 Å². The number of hydrogen-bond donors (Lipinski definition) is 2. The Hall–Kier alpha value is -3.07. The van der Waals surface area contributed by atoms with Gasteiger partial charge in [-0.2, -0.15) is 0 Å². The number of hydrogen-bond acceptors (Lipinski definition) is 6. The van der Waals surface area contributed by atoms with Gasteiger partial charge in [0.1, 0.15) is 0 Å². The standard InChI is InChI=1S/C31H36N2O5/c1-22(35)32-19-27-4-2-3-5-29(27)24-10-12-26(13-11-24)31-37-28(20-33-14-16-36-17-15-33)18-30(38-31)25-8-6-23(21-34)7-9-25/h2-13,28,30-31,34H,14-21H2,1H3,(H,32,35)/t28-,30+,31+/m0/s1. The van der Waals surface area contributed by atoms with Gasteiger partial charge >= 0.3 is 0 Å². The fraction of sp³-hybridized carbons (Fsp3) is 0.387. The number of carbonyl (C=O) groups excluding carboxylic acids is 1. The van der Waals surface area contributed by atoms with Crippen molar-refractivity contribution < 1.29 is 24.1 Å². The number of aliphatic hydroxyl groups is 1. The topological polar surface area (TPSA) is 80.3 Å². The molecule has 2 aliphatic heterocycles. The molecule has 3 atom stereocenters. The third-order valence-electron chi connectivity index (χ3n) is 7.22. The molecule has 2 heterocycles. The van der Waals surface area contributed by atoms with Crippen LogP contribution in [-0.2, 0) is 32.2 Å². The Kier molecular flexibility index (Phi) is 8.83. The molecular formula is C31H36N2O5. The van der Waals surface area contributed by atoms with Crippen LogP contribution in [0.25, 0.3) is 11.1 Å². The van der Waals surface area contributed by atoms with Crippen LogP contribution in [0.15, 0.2) is 72.8 Å². The summed E-state index contributed by atoms with van der Waals surface area (Å²) in [5.74, 6) is -0.0473. The molecule has 0 aliphatic carbocycles. The van der Waals surface area contributed by atoms with Crippen LogP contribution in [0.1, 0.15) is 48.0 Å². The van der Waals surface area contributed by atoms with Crippen molar-refractivity contribution in [3.05, 3.63) is 95.1 Å². The van der Waals surface area contributed by atoms with Crippen LogP contribution in [0.4, 0.5) is 0 Å². The summed E-state index contributed by atoms with van der Waals surface area (Å²) in [6, 6.07) is 24.4. The van der Waals surface area contributed by atoms with Gasteiger partial charge in [-0.05, 0) is 27.8 Å². The first-order valence-electron chi connectivity index (χ1n) is 13.3. The molecule has 200 valence electrons. The fourth-order valence-corrected chi connectivity index (χ4v) is 5.10. The number of amides is 1. The molecule has 0 spiro atoms. The Bertz CT molecular complexity index is 1190. The zero-order valence-corrected chi connectivity index (χ0v) is 21.8. The van der Waals surface area contributed by atoms with Gasteiger partial charge in [0.05, 0.1) is 32.0 Å². The maximum atomic E-state index is 11.4. The van der Waals surface area contributed by atoms with E-state index in [-0.39, 0.29) is 24.7 Å². The van der Waals surface area contributed by atoms with Gasteiger partial charge < -0.3 is 24.6 Å². The van der Waals surface area contributed by atoms with Crippen molar-refractivity contribution in [2.45, 2.75) is 45.0 Å². The minimum atomic E-state index is -0.485. The van der Waals surface area contributed by atoms with Crippen LogP contribution in [-0.4, -0.2) is 54.9 Å². The summed E-state index contributed by atoms with van der Waals surface area (Å²) in [4.78, 5) is 13.8. The van der Waals surface area contributed by atoms with Gasteiger partial charge in [0.2, 0.25) is 5.91 Å². The lowest BCUT2D eigenvalue weighted by molar-refractivity contribution is -0.253. The van der Waals surface area contributed by atoms with E-state index in [1.807, 2.05) is 42.5 Å². The Balaban J connectivity index is 1.36. The third kappa shape index (κ3) is 6.67. The van der Waals surface area contributed by atoms with E-state index in [1.165, 1.54) is 6.92 Å². The first-order chi connectivity index (χ1) is 18.6. The highest BCUT2D eigenvalue weighted by Gasteiger charge is 2.33. The van der Waals surface area contributed by atoms with Crippen molar-refractivity contribution in [3.8, 4) is 11.1 Å². The van der Waals surface area contributed by atoms with Gasteiger partial charge in [0.15, 0.2) is 6.29 Å². The number of carbonyl (C=O) groups is 1. The SMILES string of the molecule is CC(=O)NCc1ccccc1-c1ccc([C@@H]2O[C@H](CN3CCOCC3)C[C@H](c3ccc(CO)cc3)O2)cc1. The molecule has 3 aromatic carbocycles. The predicted octanol–water partition coefficient (Wildman–Crippen LogP) is 4.36. The van der Waals surface area contributed by atoms with Crippen molar-refractivity contribution in [2.24, 2.45) is 0 Å². The maximum Gasteiger partial charge on any atom is 0.217 e. The van der Waals surface area contributed by atoms with Crippen molar-refractivity contribution >= 4 is 5.91 Å². The molecule has 38 heavy (non-hydrogen) atoms. The van der Waals surface area contributed by atoms with E-state index in [0.717, 1.165) is 72.6 Å². The predicted molar refractivity (Wildman–Crippen MR) is 145 cm³/mol. The van der Waals surface area contributed by atoms with E-state index in [4.69, 9.17) is 14.2 Å². The van der Waals surface area contributed by atoms with E-state index < -0.39 is 6.29 Å². The van der Waals surface area contributed by atoms with Crippen LogP contribution in [0, 0.1) is 0 Å². The number of ether oxygens (including phenoxy) is 3. The van der Waals surface area contributed by atoms with Crippen LogP contribution < -0.4 is 5.32 Å². The normalized spacial score (nSPS) is 22.2. The summed E-state index contributed by atoms with van der Waals surface area (Å²) in [7, 11) is 0. The molecule has 0 unspecified atom stereocenters. The smallest absolute Gasteiger partial charge is 0.217 e. The second-order valence-corrected chi connectivity index (χ2v) is 9.95. The molecule has 7 heteroatoms. The fourth-order valence-electron chi connectivity index (χ4n) is 5.10. The molecule has 0 radical (unpaired) electrons. The molecule has 2 N–H and O–H groups in total. The van der Waals surface area contributed by atoms with Crippen molar-refractivity contribution in [1.29, 1.82) is 0 Å².